The van der Waals surface area contributed by atoms with Crippen LogP contribution in [-0.4, -0.2) is 108 Å². The Morgan fingerprint density at radius 1 is 1.18 bits per heavy atom. The van der Waals surface area contributed by atoms with Crippen LogP contribution in [0.15, 0.2) is 24.3 Å². The molecule has 2 aliphatic heterocycles. The highest BCUT2D eigenvalue weighted by Crippen LogP contribution is 2.27. The van der Waals surface area contributed by atoms with Crippen LogP contribution >= 0.6 is 0 Å². The third-order valence-electron chi connectivity index (χ3n) is 5.89. The predicted octanol–water partition coefficient (Wildman–Crippen LogP) is -0.0561. The van der Waals surface area contributed by atoms with Crippen molar-refractivity contribution >= 4 is 23.8 Å². The van der Waals surface area contributed by atoms with Crippen LogP contribution in [0.2, 0.25) is 0 Å². The molecule has 0 bridgehead atoms. The average molecular weight is 478 g/mol. The molecule has 2 N–H and O–H groups in total. The molecule has 3 rings (SSSR count). The van der Waals surface area contributed by atoms with Gasteiger partial charge < -0.3 is 29.7 Å². The SMILES string of the molecule is COCCCN1C[C@H]2N(C(=O)CN(C)N2C(=O)NCc2ccc(OC)cc2)C(CC(=O)O)C1=O. The van der Waals surface area contributed by atoms with E-state index < -0.39 is 42.4 Å². The highest BCUT2D eigenvalue weighted by atomic mass is 16.5. The second-order valence-electron chi connectivity index (χ2n) is 8.19. The Morgan fingerprint density at radius 3 is 2.50 bits per heavy atom. The first-order valence-electron chi connectivity index (χ1n) is 11.0. The van der Waals surface area contributed by atoms with E-state index in [0.29, 0.717) is 25.3 Å². The molecule has 0 saturated carbocycles. The summed E-state index contributed by atoms with van der Waals surface area (Å²) in [7, 11) is 4.73. The molecular weight excluding hydrogens is 446 g/mol. The lowest BCUT2D eigenvalue weighted by molar-refractivity contribution is -0.188. The van der Waals surface area contributed by atoms with Gasteiger partial charge in [0.15, 0.2) is 0 Å². The molecule has 2 aliphatic rings. The Kier molecular flexibility index (Phi) is 8.29. The molecule has 12 heteroatoms. The number of carbonyl (C=O) groups excluding carboxylic acids is 3. The molecule has 1 unspecified atom stereocenters. The molecule has 0 radical (unpaired) electrons. The zero-order valence-electron chi connectivity index (χ0n) is 19.6. The van der Waals surface area contributed by atoms with E-state index in [4.69, 9.17) is 9.47 Å². The standard InChI is InChI=1S/C22H31N5O7/c1-24-14-19(28)26-17(11-20(29)30)21(31)25(9-4-10-33-2)13-18(26)27(24)22(32)23-12-15-5-7-16(34-3)8-6-15/h5-8,17-18H,4,9-14H2,1-3H3,(H,23,32)(H,29,30)/t17?,18-/m0/s1. The van der Waals surface area contributed by atoms with Crippen LogP contribution in [0, 0.1) is 0 Å². The summed E-state index contributed by atoms with van der Waals surface area (Å²) in [6.07, 6.45) is -0.818. The Morgan fingerprint density at radius 2 is 1.88 bits per heavy atom. The number of nitrogens with one attached hydrogen (secondary N) is 1. The Balaban J connectivity index is 1.81. The van der Waals surface area contributed by atoms with E-state index in [1.165, 1.54) is 19.8 Å². The number of likely N-dealkylation sites (N-methyl/N-ethyl adjacent to an activating group) is 1. The van der Waals surface area contributed by atoms with Crippen molar-refractivity contribution in [3.8, 4) is 5.75 Å². The summed E-state index contributed by atoms with van der Waals surface area (Å²) in [6, 6.07) is 5.59. The predicted molar refractivity (Wildman–Crippen MR) is 119 cm³/mol. The van der Waals surface area contributed by atoms with Gasteiger partial charge in [-0.1, -0.05) is 12.1 Å². The molecule has 12 nitrogen and oxygen atoms in total. The number of ether oxygens (including phenoxy) is 2. The minimum atomic E-state index is -1.20. The molecule has 0 aliphatic carbocycles. The smallest absolute Gasteiger partial charge is 0.334 e. The van der Waals surface area contributed by atoms with Gasteiger partial charge >= 0.3 is 12.0 Å². The number of rotatable bonds is 9. The van der Waals surface area contributed by atoms with Crippen molar-refractivity contribution in [3.05, 3.63) is 29.8 Å². The van der Waals surface area contributed by atoms with Crippen molar-refractivity contribution in [3.63, 3.8) is 0 Å². The number of carboxylic acid groups (broad SMARTS) is 1. The molecule has 2 atom stereocenters. The first-order chi connectivity index (χ1) is 16.3. The molecule has 1 aromatic rings. The number of hydrazine groups is 1. The highest BCUT2D eigenvalue weighted by molar-refractivity contribution is 5.93. The fraction of sp³-hybridized carbons (Fsp3) is 0.545. The number of methoxy groups -OCH3 is 2. The minimum Gasteiger partial charge on any atom is -0.497 e. The van der Waals surface area contributed by atoms with Crippen molar-refractivity contribution in [2.45, 2.75) is 31.6 Å². The van der Waals surface area contributed by atoms with Crippen LogP contribution in [0.5, 0.6) is 5.75 Å². The van der Waals surface area contributed by atoms with Crippen LogP contribution in [0.25, 0.3) is 0 Å². The van der Waals surface area contributed by atoms with E-state index in [1.54, 1.807) is 33.4 Å². The third-order valence-corrected chi connectivity index (χ3v) is 5.89. The summed E-state index contributed by atoms with van der Waals surface area (Å²) >= 11 is 0. The number of aliphatic carboxylic acids is 1. The summed E-state index contributed by atoms with van der Waals surface area (Å²) < 4.78 is 10.2. The van der Waals surface area contributed by atoms with Gasteiger partial charge in [-0.25, -0.2) is 14.8 Å². The van der Waals surface area contributed by atoms with Crippen molar-refractivity contribution in [2.75, 3.05) is 47.5 Å². The lowest BCUT2D eigenvalue weighted by Gasteiger charge is -2.54. The van der Waals surface area contributed by atoms with Gasteiger partial charge in [-0.15, -0.1) is 0 Å². The first-order valence-corrected chi connectivity index (χ1v) is 11.0. The Hall–Kier alpha value is -3.38. The Bertz CT molecular complexity index is 909. The maximum absolute atomic E-state index is 13.2. The van der Waals surface area contributed by atoms with E-state index >= 15 is 0 Å². The van der Waals surface area contributed by atoms with E-state index in [-0.39, 0.29) is 19.6 Å². The topological polar surface area (TPSA) is 132 Å². The van der Waals surface area contributed by atoms with Gasteiger partial charge in [0.05, 0.1) is 26.6 Å². The van der Waals surface area contributed by atoms with E-state index in [2.05, 4.69) is 5.32 Å². The maximum Gasteiger partial charge on any atom is 0.334 e. The van der Waals surface area contributed by atoms with Crippen LogP contribution in [0.1, 0.15) is 18.4 Å². The summed E-state index contributed by atoms with van der Waals surface area (Å²) in [5.74, 6) is -1.34. The number of carbonyl (C=O) groups is 4. The quantitative estimate of drug-likeness (QED) is 0.473. The van der Waals surface area contributed by atoms with Gasteiger partial charge in [-0.2, -0.15) is 0 Å². The van der Waals surface area contributed by atoms with Crippen molar-refractivity contribution in [1.82, 2.24) is 25.1 Å². The number of amides is 4. The lowest BCUT2D eigenvalue weighted by atomic mass is 10.0. The molecule has 34 heavy (non-hydrogen) atoms. The number of fused-ring (bicyclic) bond motifs is 1. The van der Waals surface area contributed by atoms with Gasteiger partial charge in [-0.3, -0.25) is 14.4 Å². The van der Waals surface area contributed by atoms with Gasteiger partial charge in [0.1, 0.15) is 18.0 Å². The summed E-state index contributed by atoms with van der Waals surface area (Å²) in [5.41, 5.74) is 0.852. The largest absolute Gasteiger partial charge is 0.497 e. The summed E-state index contributed by atoms with van der Waals surface area (Å²) in [4.78, 5) is 53.4. The molecule has 0 spiro atoms. The summed E-state index contributed by atoms with van der Waals surface area (Å²) in [5, 5.41) is 15.1. The third kappa shape index (κ3) is 5.57. The first kappa shape index (κ1) is 25.2. The number of urea groups is 1. The lowest BCUT2D eigenvalue weighted by Crippen LogP contribution is -2.76. The molecule has 2 heterocycles. The van der Waals surface area contributed by atoms with Crippen LogP contribution in [-0.2, 0) is 25.7 Å². The number of hydrogen-bond acceptors (Lipinski definition) is 7. The van der Waals surface area contributed by atoms with Crippen LogP contribution in [0.4, 0.5) is 4.79 Å². The fourth-order valence-electron chi connectivity index (χ4n) is 4.27. The number of hydrogen-bond donors (Lipinski definition) is 2. The van der Waals surface area contributed by atoms with E-state index in [1.807, 2.05) is 12.1 Å². The maximum atomic E-state index is 13.2. The van der Waals surface area contributed by atoms with Gasteiger partial charge in [0.25, 0.3) is 0 Å². The van der Waals surface area contributed by atoms with Crippen molar-refractivity contribution in [1.29, 1.82) is 0 Å². The monoisotopic (exact) mass is 477 g/mol. The van der Waals surface area contributed by atoms with Crippen LogP contribution in [0.3, 0.4) is 0 Å². The zero-order valence-corrected chi connectivity index (χ0v) is 19.6. The zero-order chi connectivity index (χ0) is 24.8. The van der Waals surface area contributed by atoms with Crippen molar-refractivity contribution < 1.29 is 33.8 Å². The number of nitrogens with zero attached hydrogens (tertiary/aromatic N) is 4. The molecule has 2 fully saturated rings. The van der Waals surface area contributed by atoms with E-state index in [0.717, 1.165) is 5.56 Å². The fourth-order valence-corrected chi connectivity index (χ4v) is 4.27. The normalized spacial score (nSPS) is 20.9. The number of piperazine rings is 1. The minimum absolute atomic E-state index is 0.0741. The Labute approximate surface area is 197 Å². The average Bonchev–Trinajstić information content (AvgIpc) is 2.80. The number of carboxylic acids is 1. The second-order valence-corrected chi connectivity index (χ2v) is 8.19. The molecule has 1 aromatic carbocycles. The summed E-state index contributed by atoms with van der Waals surface area (Å²) in [6.45, 7) is 0.909. The van der Waals surface area contributed by atoms with Crippen molar-refractivity contribution in [2.24, 2.45) is 0 Å². The molecule has 4 amide bonds. The second kappa shape index (κ2) is 11.2. The van der Waals surface area contributed by atoms with Gasteiger partial charge in [-0.05, 0) is 24.1 Å². The van der Waals surface area contributed by atoms with Crippen LogP contribution < -0.4 is 10.1 Å². The molecule has 0 aromatic heterocycles. The highest BCUT2D eigenvalue weighted by Gasteiger charge is 2.51. The molecule has 186 valence electrons. The molecular formula is C22H31N5O7. The van der Waals surface area contributed by atoms with Gasteiger partial charge in [0.2, 0.25) is 11.8 Å². The van der Waals surface area contributed by atoms with Gasteiger partial charge in [0, 0.05) is 33.9 Å². The number of benzene rings is 1. The van der Waals surface area contributed by atoms with E-state index in [9.17, 15) is 24.3 Å². The molecule has 2 saturated heterocycles.